The highest BCUT2D eigenvalue weighted by molar-refractivity contribution is 5.90. The number of halogens is 4. The Morgan fingerprint density at radius 2 is 1.81 bits per heavy atom. The fourth-order valence-corrected chi connectivity index (χ4v) is 2.00. The lowest BCUT2D eigenvalue weighted by atomic mass is 10.1. The van der Waals surface area contributed by atoms with Gasteiger partial charge < -0.3 is 19.5 Å². The number of esters is 1. The van der Waals surface area contributed by atoms with E-state index < -0.39 is 37.0 Å². The predicted octanol–water partition coefficient (Wildman–Crippen LogP) is 3.11. The smallest absolute Gasteiger partial charge is 0.387 e. The van der Waals surface area contributed by atoms with Gasteiger partial charge in [0, 0.05) is 23.7 Å². The molecule has 0 aliphatic heterocycles. The van der Waals surface area contributed by atoms with Crippen molar-refractivity contribution in [2.75, 3.05) is 0 Å². The van der Waals surface area contributed by atoms with Crippen molar-refractivity contribution in [2.24, 2.45) is 0 Å². The lowest BCUT2D eigenvalue weighted by Crippen LogP contribution is -2.36. The van der Waals surface area contributed by atoms with E-state index in [0.29, 0.717) is 0 Å². The molecule has 1 aromatic rings. The molecule has 0 saturated heterocycles. The fourth-order valence-electron chi connectivity index (χ4n) is 2.00. The summed E-state index contributed by atoms with van der Waals surface area (Å²) in [4.78, 5) is 23.5. The van der Waals surface area contributed by atoms with Gasteiger partial charge in [-0.05, 0) is 38.0 Å². The van der Waals surface area contributed by atoms with E-state index >= 15 is 0 Å². The highest BCUT2D eigenvalue weighted by Gasteiger charge is 2.26. The first-order valence-electron chi connectivity index (χ1n) is 7.97. The summed E-state index contributed by atoms with van der Waals surface area (Å²) in [7, 11) is 0. The van der Waals surface area contributed by atoms with Crippen LogP contribution in [0.15, 0.2) is 24.3 Å². The van der Waals surface area contributed by atoms with Crippen molar-refractivity contribution >= 4 is 18.0 Å². The van der Waals surface area contributed by atoms with Crippen molar-refractivity contribution in [3.05, 3.63) is 29.8 Å². The maximum absolute atomic E-state index is 12.5. The molecule has 1 atom stereocenters. The highest BCUT2D eigenvalue weighted by Crippen LogP contribution is 2.28. The molecule has 1 aliphatic rings. The average Bonchev–Trinajstić information content (AvgIpc) is 3.36. The van der Waals surface area contributed by atoms with Crippen molar-refractivity contribution in [3.63, 3.8) is 0 Å². The monoisotopic (exact) mass is 391 g/mol. The predicted molar refractivity (Wildman–Crippen MR) is 85.5 cm³/mol. The Morgan fingerprint density at radius 3 is 2.41 bits per heavy atom. The van der Waals surface area contributed by atoms with Crippen molar-refractivity contribution in [2.45, 2.75) is 45.1 Å². The molecule has 1 saturated carbocycles. The third-order valence-electron chi connectivity index (χ3n) is 3.41. The number of ether oxygens (including phenoxy) is 3. The van der Waals surface area contributed by atoms with Gasteiger partial charge in [-0.2, -0.15) is 17.6 Å². The van der Waals surface area contributed by atoms with Gasteiger partial charge in [0.05, 0.1) is 0 Å². The lowest BCUT2D eigenvalue weighted by molar-refractivity contribution is -0.150. The number of hydrogen-bond donors (Lipinski definition) is 1. The Morgan fingerprint density at radius 1 is 1.15 bits per heavy atom. The van der Waals surface area contributed by atoms with Crippen LogP contribution >= 0.6 is 0 Å². The van der Waals surface area contributed by atoms with Crippen LogP contribution in [0.2, 0.25) is 0 Å². The van der Waals surface area contributed by atoms with E-state index in [1.807, 2.05) is 0 Å². The first-order valence-corrected chi connectivity index (χ1v) is 7.97. The highest BCUT2D eigenvalue weighted by atomic mass is 19.3. The number of alkyl halides is 4. The van der Waals surface area contributed by atoms with Gasteiger partial charge in [-0.25, -0.2) is 4.79 Å². The number of benzene rings is 1. The second-order valence-corrected chi connectivity index (χ2v) is 5.65. The van der Waals surface area contributed by atoms with Gasteiger partial charge in [-0.15, -0.1) is 0 Å². The summed E-state index contributed by atoms with van der Waals surface area (Å²) in [5, 5.41) is 2.67. The molecule has 0 radical (unpaired) electrons. The summed E-state index contributed by atoms with van der Waals surface area (Å²) in [6.07, 6.45) is 2.73. The molecule has 0 spiro atoms. The zero-order valence-corrected chi connectivity index (χ0v) is 14.2. The van der Waals surface area contributed by atoms with Crippen LogP contribution in [0.3, 0.4) is 0 Å². The van der Waals surface area contributed by atoms with Crippen LogP contribution in [0.1, 0.15) is 25.3 Å². The molecule has 1 fully saturated rings. The molecule has 1 N–H and O–H groups in total. The summed E-state index contributed by atoms with van der Waals surface area (Å²) in [6.45, 7) is -4.95. The Balaban J connectivity index is 2.02. The summed E-state index contributed by atoms with van der Waals surface area (Å²) in [6, 6.07) is 3.20. The topological polar surface area (TPSA) is 73.9 Å². The number of carbonyl (C=O) groups excluding carboxylic acids is 2. The third-order valence-corrected chi connectivity index (χ3v) is 3.41. The summed E-state index contributed by atoms with van der Waals surface area (Å²) >= 11 is 0. The number of carbonyl (C=O) groups is 2. The molecule has 1 aliphatic carbocycles. The Bertz CT molecular complexity index is 707. The second-order valence-electron chi connectivity index (χ2n) is 5.65. The van der Waals surface area contributed by atoms with E-state index in [9.17, 15) is 27.2 Å². The molecule has 10 heteroatoms. The Labute approximate surface area is 152 Å². The van der Waals surface area contributed by atoms with Crippen LogP contribution < -0.4 is 14.8 Å². The minimum Gasteiger partial charge on any atom is -0.449 e. The van der Waals surface area contributed by atoms with Crippen molar-refractivity contribution in [3.8, 4) is 11.5 Å². The average molecular weight is 391 g/mol. The van der Waals surface area contributed by atoms with Crippen LogP contribution in [0.5, 0.6) is 11.5 Å². The van der Waals surface area contributed by atoms with Gasteiger partial charge in [0.15, 0.2) is 6.10 Å². The van der Waals surface area contributed by atoms with Gasteiger partial charge in [0.2, 0.25) is 0 Å². The third kappa shape index (κ3) is 7.16. The first-order chi connectivity index (χ1) is 12.7. The van der Waals surface area contributed by atoms with Crippen molar-refractivity contribution in [1.29, 1.82) is 0 Å². The summed E-state index contributed by atoms with van der Waals surface area (Å²) in [5.74, 6) is -2.17. The standard InChI is InChI=1S/C17H17F4NO5/c1-9(15(24)22-11-4-5-11)25-14(23)7-3-10-2-6-12(26-16(18)19)8-13(10)27-17(20)21/h2-3,6-9,11,16-17H,4-5H2,1H3,(H,22,24)/b7-3+/t9-/m0/s1. The first kappa shape index (κ1) is 20.5. The molecule has 1 amide bonds. The zero-order valence-electron chi connectivity index (χ0n) is 14.2. The Hall–Kier alpha value is -2.78. The van der Waals surface area contributed by atoms with Crippen LogP contribution in [0, 0.1) is 0 Å². The number of amides is 1. The molecule has 0 heterocycles. The molecule has 0 aromatic heterocycles. The maximum atomic E-state index is 12.5. The molecule has 0 unspecified atom stereocenters. The van der Waals surface area contributed by atoms with Crippen molar-refractivity contribution in [1.82, 2.24) is 5.32 Å². The van der Waals surface area contributed by atoms with Crippen LogP contribution in [-0.4, -0.2) is 37.2 Å². The second kappa shape index (κ2) is 9.24. The zero-order chi connectivity index (χ0) is 20.0. The normalized spacial score (nSPS) is 15.1. The minimum atomic E-state index is -3.21. The van der Waals surface area contributed by atoms with Gasteiger partial charge in [0.25, 0.3) is 5.91 Å². The van der Waals surface area contributed by atoms with E-state index in [4.69, 9.17) is 4.74 Å². The van der Waals surface area contributed by atoms with E-state index in [2.05, 4.69) is 14.8 Å². The van der Waals surface area contributed by atoms with Gasteiger partial charge in [-0.3, -0.25) is 4.79 Å². The molecule has 1 aromatic carbocycles. The van der Waals surface area contributed by atoms with Gasteiger partial charge in [-0.1, -0.05) is 0 Å². The van der Waals surface area contributed by atoms with E-state index in [1.54, 1.807) is 0 Å². The molecule has 2 rings (SSSR count). The van der Waals surface area contributed by atoms with Gasteiger partial charge in [0.1, 0.15) is 11.5 Å². The van der Waals surface area contributed by atoms with Gasteiger partial charge >= 0.3 is 19.2 Å². The lowest BCUT2D eigenvalue weighted by Gasteiger charge is -2.12. The van der Waals surface area contributed by atoms with E-state index in [-0.39, 0.29) is 17.4 Å². The number of rotatable bonds is 9. The molecular weight excluding hydrogens is 374 g/mol. The molecule has 0 bridgehead atoms. The Kier molecular flexibility index (Phi) is 7.03. The SMILES string of the molecule is C[C@H](OC(=O)/C=C/c1ccc(OC(F)F)cc1OC(F)F)C(=O)NC1CC1. The fraction of sp³-hybridized carbons (Fsp3) is 0.412. The number of nitrogens with one attached hydrogen (secondary N) is 1. The summed E-state index contributed by atoms with van der Waals surface area (Å²) in [5.41, 5.74) is 0.00366. The molecule has 6 nitrogen and oxygen atoms in total. The van der Waals surface area contributed by atoms with E-state index in [1.165, 1.54) is 6.92 Å². The molecule has 148 valence electrons. The maximum Gasteiger partial charge on any atom is 0.387 e. The molecular formula is C17H17F4NO5. The van der Waals surface area contributed by atoms with E-state index in [0.717, 1.165) is 43.2 Å². The largest absolute Gasteiger partial charge is 0.449 e. The number of hydrogen-bond acceptors (Lipinski definition) is 5. The molecule has 27 heavy (non-hydrogen) atoms. The minimum absolute atomic E-state index is 0.00366. The summed E-state index contributed by atoms with van der Waals surface area (Å²) < 4.78 is 62.7. The quantitative estimate of drug-likeness (QED) is 0.398. The van der Waals surface area contributed by atoms with Crippen molar-refractivity contribution < 1.29 is 41.4 Å². The van der Waals surface area contributed by atoms with Crippen LogP contribution in [0.25, 0.3) is 6.08 Å². The van der Waals surface area contributed by atoms with Crippen LogP contribution in [-0.2, 0) is 14.3 Å². The van der Waals surface area contributed by atoms with Crippen LogP contribution in [0.4, 0.5) is 17.6 Å².